The van der Waals surface area contributed by atoms with Gasteiger partial charge in [0.2, 0.25) is 0 Å². The summed E-state index contributed by atoms with van der Waals surface area (Å²) in [5.41, 5.74) is -0.104. The first-order valence-electron chi connectivity index (χ1n) is 8.63. The Bertz CT molecular complexity index is 572. The van der Waals surface area contributed by atoms with Crippen molar-refractivity contribution in [3.05, 3.63) is 34.4 Å². The second kappa shape index (κ2) is 12.0. The standard InChI is InChI=1S/C18H25NO6/c1-2-24-17(20)12-7-5-3-4-6-8-13-18(21)25-16-11-9-10-15(14-16)19(22)23/h9-11,14H,2-8,12-13H2,1H3. The molecule has 138 valence electrons. The molecule has 0 spiro atoms. The van der Waals surface area contributed by atoms with E-state index >= 15 is 0 Å². The van der Waals surface area contributed by atoms with E-state index in [-0.39, 0.29) is 29.8 Å². The average Bonchev–Trinajstić information content (AvgIpc) is 2.57. The lowest BCUT2D eigenvalue weighted by molar-refractivity contribution is -0.384. The van der Waals surface area contributed by atoms with Crippen molar-refractivity contribution < 1.29 is 24.0 Å². The van der Waals surface area contributed by atoms with E-state index in [9.17, 15) is 19.7 Å². The van der Waals surface area contributed by atoms with Crippen LogP contribution in [-0.4, -0.2) is 23.5 Å². The fourth-order valence-electron chi connectivity index (χ4n) is 2.32. The molecule has 0 amide bonds. The lowest BCUT2D eigenvalue weighted by atomic mass is 10.1. The summed E-state index contributed by atoms with van der Waals surface area (Å²) in [6, 6.07) is 5.59. The third-order valence-corrected chi connectivity index (χ3v) is 3.58. The molecular formula is C18H25NO6. The van der Waals surface area contributed by atoms with Crippen LogP contribution in [0.25, 0.3) is 0 Å². The van der Waals surface area contributed by atoms with Crippen molar-refractivity contribution in [1.29, 1.82) is 0 Å². The van der Waals surface area contributed by atoms with E-state index in [1.165, 1.54) is 24.3 Å². The van der Waals surface area contributed by atoms with Gasteiger partial charge in [-0.2, -0.15) is 0 Å². The Kier molecular flexibility index (Phi) is 9.89. The summed E-state index contributed by atoms with van der Waals surface area (Å²) in [5, 5.41) is 10.7. The number of non-ortho nitro benzene ring substituents is 1. The van der Waals surface area contributed by atoms with Gasteiger partial charge >= 0.3 is 11.9 Å². The highest BCUT2D eigenvalue weighted by Gasteiger charge is 2.09. The van der Waals surface area contributed by atoms with Crippen LogP contribution in [0.1, 0.15) is 58.3 Å². The first-order valence-corrected chi connectivity index (χ1v) is 8.63. The van der Waals surface area contributed by atoms with E-state index in [1.54, 1.807) is 6.92 Å². The summed E-state index contributed by atoms with van der Waals surface area (Å²) >= 11 is 0. The van der Waals surface area contributed by atoms with Crippen LogP contribution in [0.4, 0.5) is 5.69 Å². The monoisotopic (exact) mass is 351 g/mol. The molecular weight excluding hydrogens is 326 g/mol. The molecule has 1 aromatic rings. The zero-order valence-electron chi connectivity index (χ0n) is 14.6. The lowest BCUT2D eigenvalue weighted by Gasteiger charge is -2.04. The molecule has 7 heteroatoms. The number of hydrogen-bond donors (Lipinski definition) is 0. The molecule has 25 heavy (non-hydrogen) atoms. The minimum Gasteiger partial charge on any atom is -0.466 e. The number of unbranched alkanes of at least 4 members (excludes halogenated alkanes) is 5. The SMILES string of the molecule is CCOC(=O)CCCCCCCCC(=O)Oc1cccc([N+](=O)[O-])c1. The van der Waals surface area contributed by atoms with Crippen LogP contribution in [-0.2, 0) is 14.3 Å². The number of nitrogens with zero attached hydrogens (tertiary/aromatic N) is 1. The zero-order valence-corrected chi connectivity index (χ0v) is 14.6. The summed E-state index contributed by atoms with van der Waals surface area (Å²) < 4.78 is 9.96. The molecule has 0 saturated heterocycles. The molecule has 0 bridgehead atoms. The van der Waals surface area contributed by atoms with E-state index in [0.29, 0.717) is 19.4 Å². The van der Waals surface area contributed by atoms with Crippen molar-refractivity contribution in [1.82, 2.24) is 0 Å². The van der Waals surface area contributed by atoms with Crippen molar-refractivity contribution >= 4 is 17.6 Å². The Labute approximate surface area is 147 Å². The van der Waals surface area contributed by atoms with E-state index < -0.39 is 4.92 Å². The number of nitro groups is 1. The first-order chi connectivity index (χ1) is 12.0. The number of benzene rings is 1. The van der Waals surface area contributed by atoms with Crippen LogP contribution in [0.15, 0.2) is 24.3 Å². The largest absolute Gasteiger partial charge is 0.466 e. The van der Waals surface area contributed by atoms with Gasteiger partial charge in [0.1, 0.15) is 5.75 Å². The first kappa shape index (κ1) is 20.6. The number of ether oxygens (including phenoxy) is 2. The fourth-order valence-corrected chi connectivity index (χ4v) is 2.32. The topological polar surface area (TPSA) is 95.7 Å². The van der Waals surface area contributed by atoms with Gasteiger partial charge in [0.25, 0.3) is 5.69 Å². The summed E-state index contributed by atoms with van der Waals surface area (Å²) in [4.78, 5) is 33.0. The highest BCUT2D eigenvalue weighted by atomic mass is 16.6. The Morgan fingerprint density at radius 2 is 1.60 bits per heavy atom. The molecule has 1 rings (SSSR count). The minimum atomic E-state index is -0.528. The molecule has 0 radical (unpaired) electrons. The van der Waals surface area contributed by atoms with E-state index in [0.717, 1.165) is 32.1 Å². The zero-order chi connectivity index (χ0) is 18.5. The van der Waals surface area contributed by atoms with Crippen molar-refractivity contribution in [2.45, 2.75) is 58.3 Å². The second-order valence-electron chi connectivity index (χ2n) is 5.65. The number of carbonyl (C=O) groups excluding carboxylic acids is 2. The summed E-state index contributed by atoms with van der Waals surface area (Å²) in [5.74, 6) is -0.340. The van der Waals surface area contributed by atoms with Gasteiger partial charge in [-0.3, -0.25) is 19.7 Å². The molecule has 0 saturated carbocycles. The normalized spacial score (nSPS) is 10.3. The Hall–Kier alpha value is -2.44. The molecule has 0 aromatic heterocycles. The molecule has 0 unspecified atom stereocenters. The maximum Gasteiger partial charge on any atom is 0.311 e. The molecule has 0 heterocycles. The molecule has 7 nitrogen and oxygen atoms in total. The number of hydrogen-bond acceptors (Lipinski definition) is 6. The highest BCUT2D eigenvalue weighted by Crippen LogP contribution is 2.20. The fraction of sp³-hybridized carbons (Fsp3) is 0.556. The molecule has 0 fully saturated rings. The molecule has 1 aromatic carbocycles. The lowest BCUT2D eigenvalue weighted by Crippen LogP contribution is -2.07. The smallest absolute Gasteiger partial charge is 0.311 e. The van der Waals surface area contributed by atoms with Crippen LogP contribution >= 0.6 is 0 Å². The highest BCUT2D eigenvalue weighted by molar-refractivity contribution is 5.72. The van der Waals surface area contributed by atoms with Crippen molar-refractivity contribution in [3.63, 3.8) is 0 Å². The second-order valence-corrected chi connectivity index (χ2v) is 5.65. The Morgan fingerprint density at radius 1 is 1.00 bits per heavy atom. The van der Waals surface area contributed by atoms with E-state index in [4.69, 9.17) is 9.47 Å². The maximum atomic E-state index is 11.7. The van der Waals surface area contributed by atoms with Gasteiger partial charge in [0.05, 0.1) is 17.6 Å². The van der Waals surface area contributed by atoms with Crippen LogP contribution in [0.5, 0.6) is 5.75 Å². The summed E-state index contributed by atoms with van der Waals surface area (Å²) in [6.07, 6.45) is 6.17. The van der Waals surface area contributed by atoms with Crippen LogP contribution in [0, 0.1) is 10.1 Å². The van der Waals surface area contributed by atoms with Crippen LogP contribution in [0.2, 0.25) is 0 Å². The van der Waals surface area contributed by atoms with E-state index in [2.05, 4.69) is 0 Å². The molecule has 0 aliphatic rings. The summed E-state index contributed by atoms with van der Waals surface area (Å²) in [6.45, 7) is 2.22. The molecule has 0 atom stereocenters. The number of nitro benzene ring substituents is 1. The number of rotatable bonds is 12. The van der Waals surface area contributed by atoms with Crippen molar-refractivity contribution in [3.8, 4) is 5.75 Å². The Balaban J connectivity index is 2.08. The van der Waals surface area contributed by atoms with Crippen LogP contribution < -0.4 is 4.74 Å². The van der Waals surface area contributed by atoms with Gasteiger partial charge in [-0.15, -0.1) is 0 Å². The predicted octanol–water partition coefficient (Wildman–Crippen LogP) is 4.18. The molecule has 0 aliphatic heterocycles. The molecule has 0 N–H and O–H groups in total. The maximum absolute atomic E-state index is 11.7. The van der Waals surface area contributed by atoms with Gasteiger partial charge in [0, 0.05) is 18.9 Å². The third kappa shape index (κ3) is 9.44. The minimum absolute atomic E-state index is 0.104. The average molecular weight is 351 g/mol. The summed E-state index contributed by atoms with van der Waals surface area (Å²) in [7, 11) is 0. The third-order valence-electron chi connectivity index (χ3n) is 3.58. The van der Waals surface area contributed by atoms with Gasteiger partial charge < -0.3 is 9.47 Å². The van der Waals surface area contributed by atoms with Crippen molar-refractivity contribution in [2.75, 3.05) is 6.61 Å². The molecule has 0 aliphatic carbocycles. The van der Waals surface area contributed by atoms with E-state index in [1.807, 2.05) is 0 Å². The number of esters is 2. The van der Waals surface area contributed by atoms with Crippen molar-refractivity contribution in [2.24, 2.45) is 0 Å². The van der Waals surface area contributed by atoms with Gasteiger partial charge in [-0.05, 0) is 25.8 Å². The van der Waals surface area contributed by atoms with Gasteiger partial charge in [-0.25, -0.2) is 0 Å². The number of carbonyl (C=O) groups is 2. The Morgan fingerprint density at radius 3 is 2.20 bits per heavy atom. The predicted molar refractivity (Wildman–Crippen MR) is 92.3 cm³/mol. The van der Waals surface area contributed by atoms with Gasteiger partial charge in [-0.1, -0.05) is 31.7 Å². The van der Waals surface area contributed by atoms with Gasteiger partial charge in [0.15, 0.2) is 0 Å². The quantitative estimate of drug-likeness (QED) is 0.184. The van der Waals surface area contributed by atoms with Crippen LogP contribution in [0.3, 0.4) is 0 Å².